The van der Waals surface area contributed by atoms with Gasteiger partial charge in [0.25, 0.3) is 11.8 Å². The summed E-state index contributed by atoms with van der Waals surface area (Å²) in [5, 5.41) is 13.8. The van der Waals surface area contributed by atoms with Gasteiger partial charge in [-0.2, -0.15) is 0 Å². The van der Waals surface area contributed by atoms with Gasteiger partial charge in [0, 0.05) is 6.54 Å². The Morgan fingerprint density at radius 2 is 1.90 bits per heavy atom. The normalized spacial score (nSPS) is 12.2. The molecule has 0 fully saturated rings. The fraction of sp³-hybridized carbons (Fsp3) is 0.190. The van der Waals surface area contributed by atoms with Crippen molar-refractivity contribution >= 4 is 23.9 Å². The molecular formula is C21H20N2O7. The van der Waals surface area contributed by atoms with Gasteiger partial charge in [0.15, 0.2) is 11.5 Å². The molecule has 2 amide bonds. The Balaban J connectivity index is 1.86. The van der Waals surface area contributed by atoms with Gasteiger partial charge in [-0.1, -0.05) is 18.2 Å². The zero-order chi connectivity index (χ0) is 21.5. The van der Waals surface area contributed by atoms with E-state index in [2.05, 4.69) is 10.6 Å². The molecule has 0 aromatic heterocycles. The third-order valence-corrected chi connectivity index (χ3v) is 4.18. The molecule has 3 rings (SSSR count). The minimum atomic E-state index is -1.05. The molecular weight excluding hydrogens is 392 g/mol. The molecule has 2 aromatic carbocycles. The Kier molecular flexibility index (Phi) is 6.53. The van der Waals surface area contributed by atoms with Crippen LogP contribution in [0, 0.1) is 0 Å². The summed E-state index contributed by atoms with van der Waals surface area (Å²) in [4.78, 5) is 36.1. The number of hydrogen-bond donors (Lipinski definition) is 3. The van der Waals surface area contributed by atoms with Crippen molar-refractivity contribution in [1.29, 1.82) is 0 Å². The number of carboxylic acids is 1. The molecule has 0 bridgehead atoms. The van der Waals surface area contributed by atoms with E-state index in [4.69, 9.17) is 19.3 Å². The highest BCUT2D eigenvalue weighted by molar-refractivity contribution is 6.06. The molecule has 2 aromatic rings. The number of methoxy groups -OCH3 is 1. The fourth-order valence-electron chi connectivity index (χ4n) is 2.73. The predicted octanol–water partition coefficient (Wildman–Crippen LogP) is 1.79. The minimum absolute atomic E-state index is 0.0600. The highest BCUT2D eigenvalue weighted by Gasteiger charge is 2.18. The lowest BCUT2D eigenvalue weighted by Gasteiger charge is -2.12. The highest BCUT2D eigenvalue weighted by atomic mass is 16.7. The Labute approximate surface area is 172 Å². The molecule has 1 aliphatic heterocycles. The Hall–Kier alpha value is -4.01. The van der Waals surface area contributed by atoms with Crippen LogP contribution in [0.25, 0.3) is 6.08 Å². The standard InChI is InChI=1S/C21H20N2O7/c1-28-16-5-3-2-4-14(16)20(26)23-15(21(27)22-9-8-19(24)25)10-13-6-7-17-18(11-13)30-12-29-17/h2-7,10-11H,8-9,12H2,1H3,(H,22,27)(H,23,26)(H,24,25)/b15-10+. The minimum Gasteiger partial charge on any atom is -0.496 e. The average Bonchev–Trinajstić information content (AvgIpc) is 3.20. The predicted molar refractivity (Wildman–Crippen MR) is 106 cm³/mol. The number of carboxylic acid groups (broad SMARTS) is 1. The van der Waals surface area contributed by atoms with Gasteiger partial charge in [0.05, 0.1) is 19.1 Å². The van der Waals surface area contributed by atoms with Gasteiger partial charge in [-0.25, -0.2) is 0 Å². The first kappa shape index (κ1) is 20.7. The van der Waals surface area contributed by atoms with Crippen LogP contribution in [0.2, 0.25) is 0 Å². The number of ether oxygens (including phenoxy) is 3. The highest BCUT2D eigenvalue weighted by Crippen LogP contribution is 2.33. The summed E-state index contributed by atoms with van der Waals surface area (Å²) in [6.07, 6.45) is 1.22. The summed E-state index contributed by atoms with van der Waals surface area (Å²) in [7, 11) is 1.44. The second-order valence-corrected chi connectivity index (χ2v) is 6.22. The van der Waals surface area contributed by atoms with Crippen molar-refractivity contribution in [3.63, 3.8) is 0 Å². The second-order valence-electron chi connectivity index (χ2n) is 6.22. The van der Waals surface area contributed by atoms with Crippen LogP contribution in [0.5, 0.6) is 17.2 Å². The van der Waals surface area contributed by atoms with E-state index in [1.165, 1.54) is 13.2 Å². The van der Waals surface area contributed by atoms with E-state index in [0.717, 1.165) is 0 Å². The largest absolute Gasteiger partial charge is 0.496 e. The number of hydrogen-bond acceptors (Lipinski definition) is 6. The fourth-order valence-corrected chi connectivity index (χ4v) is 2.73. The van der Waals surface area contributed by atoms with Crippen molar-refractivity contribution in [2.75, 3.05) is 20.4 Å². The first-order valence-electron chi connectivity index (χ1n) is 9.03. The van der Waals surface area contributed by atoms with Crippen LogP contribution in [0.1, 0.15) is 22.3 Å². The van der Waals surface area contributed by atoms with Gasteiger partial charge in [0.1, 0.15) is 11.4 Å². The summed E-state index contributed by atoms with van der Waals surface area (Å²) >= 11 is 0. The van der Waals surface area contributed by atoms with Crippen molar-refractivity contribution < 1.29 is 33.7 Å². The maximum atomic E-state index is 12.7. The molecule has 0 saturated heterocycles. The Bertz CT molecular complexity index is 1000. The molecule has 30 heavy (non-hydrogen) atoms. The maximum absolute atomic E-state index is 12.7. The summed E-state index contributed by atoms with van der Waals surface area (Å²) in [5.74, 6) is -0.772. The van der Waals surface area contributed by atoms with Crippen LogP contribution in [0.4, 0.5) is 0 Å². The molecule has 9 nitrogen and oxygen atoms in total. The number of nitrogens with one attached hydrogen (secondary N) is 2. The molecule has 156 valence electrons. The van der Waals surface area contributed by atoms with Gasteiger partial charge in [-0.05, 0) is 35.9 Å². The number of benzene rings is 2. The first-order chi connectivity index (χ1) is 14.5. The summed E-state index contributed by atoms with van der Waals surface area (Å²) in [6, 6.07) is 11.6. The van der Waals surface area contributed by atoms with E-state index in [1.807, 2.05) is 0 Å². The molecule has 0 aliphatic carbocycles. The van der Waals surface area contributed by atoms with Crippen molar-refractivity contribution in [2.45, 2.75) is 6.42 Å². The maximum Gasteiger partial charge on any atom is 0.305 e. The number of fused-ring (bicyclic) bond motifs is 1. The molecule has 3 N–H and O–H groups in total. The van der Waals surface area contributed by atoms with E-state index < -0.39 is 17.8 Å². The molecule has 1 heterocycles. The number of para-hydroxylation sites is 1. The van der Waals surface area contributed by atoms with Gasteiger partial charge in [-0.3, -0.25) is 14.4 Å². The van der Waals surface area contributed by atoms with Crippen molar-refractivity contribution in [2.24, 2.45) is 0 Å². The van der Waals surface area contributed by atoms with Crippen LogP contribution in [-0.2, 0) is 9.59 Å². The third kappa shape index (κ3) is 5.07. The zero-order valence-corrected chi connectivity index (χ0v) is 16.1. The van der Waals surface area contributed by atoms with Gasteiger partial charge in [0.2, 0.25) is 6.79 Å². The quantitative estimate of drug-likeness (QED) is 0.565. The van der Waals surface area contributed by atoms with E-state index >= 15 is 0 Å². The number of rotatable bonds is 8. The van der Waals surface area contributed by atoms with Crippen LogP contribution in [0.15, 0.2) is 48.2 Å². The van der Waals surface area contributed by atoms with Crippen molar-refractivity contribution in [3.8, 4) is 17.2 Å². The molecule has 0 saturated carbocycles. The van der Waals surface area contributed by atoms with E-state index in [9.17, 15) is 14.4 Å². The van der Waals surface area contributed by atoms with Crippen LogP contribution < -0.4 is 24.8 Å². The monoisotopic (exact) mass is 412 g/mol. The van der Waals surface area contributed by atoms with Gasteiger partial charge in [-0.15, -0.1) is 0 Å². The molecule has 0 unspecified atom stereocenters. The van der Waals surface area contributed by atoms with E-state index in [0.29, 0.717) is 22.8 Å². The Morgan fingerprint density at radius 1 is 1.13 bits per heavy atom. The van der Waals surface area contributed by atoms with Gasteiger partial charge >= 0.3 is 5.97 Å². The Morgan fingerprint density at radius 3 is 2.67 bits per heavy atom. The number of amides is 2. The topological polar surface area (TPSA) is 123 Å². The molecule has 0 atom stereocenters. The lowest BCUT2D eigenvalue weighted by Crippen LogP contribution is -2.35. The molecule has 1 aliphatic rings. The number of aliphatic carboxylic acids is 1. The molecule has 0 radical (unpaired) electrons. The SMILES string of the molecule is COc1ccccc1C(=O)N/C(=C/c1ccc2c(c1)OCO2)C(=O)NCCC(=O)O. The third-order valence-electron chi connectivity index (χ3n) is 4.18. The smallest absolute Gasteiger partial charge is 0.305 e. The van der Waals surface area contributed by atoms with E-state index in [-0.39, 0.29) is 31.0 Å². The van der Waals surface area contributed by atoms with Crippen LogP contribution in [-0.4, -0.2) is 43.3 Å². The lowest BCUT2D eigenvalue weighted by molar-refractivity contribution is -0.136. The van der Waals surface area contributed by atoms with E-state index in [1.54, 1.807) is 42.5 Å². The number of carbonyl (C=O) groups excluding carboxylic acids is 2. The number of carbonyl (C=O) groups is 3. The van der Waals surface area contributed by atoms with Crippen LogP contribution in [0.3, 0.4) is 0 Å². The molecule has 9 heteroatoms. The van der Waals surface area contributed by atoms with Crippen molar-refractivity contribution in [1.82, 2.24) is 10.6 Å². The van der Waals surface area contributed by atoms with Crippen LogP contribution >= 0.6 is 0 Å². The zero-order valence-electron chi connectivity index (χ0n) is 16.1. The lowest BCUT2D eigenvalue weighted by atomic mass is 10.1. The molecule has 0 spiro atoms. The average molecular weight is 412 g/mol. The summed E-state index contributed by atoms with van der Waals surface area (Å²) in [5.41, 5.74) is 0.771. The van der Waals surface area contributed by atoms with Gasteiger partial charge < -0.3 is 30.0 Å². The summed E-state index contributed by atoms with van der Waals surface area (Å²) < 4.78 is 15.8. The second kappa shape index (κ2) is 9.46. The summed E-state index contributed by atoms with van der Waals surface area (Å²) in [6.45, 7) is 0.0206. The first-order valence-corrected chi connectivity index (χ1v) is 9.03. The van der Waals surface area contributed by atoms with Crippen molar-refractivity contribution in [3.05, 3.63) is 59.3 Å².